The van der Waals surface area contributed by atoms with Crippen LogP contribution in [-0.2, 0) is 0 Å². The quantitative estimate of drug-likeness (QED) is 0.212. The van der Waals surface area contributed by atoms with Crippen molar-refractivity contribution in [2.24, 2.45) is 5.10 Å². The van der Waals surface area contributed by atoms with Crippen LogP contribution in [0.2, 0.25) is 0 Å². The summed E-state index contributed by atoms with van der Waals surface area (Å²) in [6.07, 6.45) is 1.69. The van der Waals surface area contributed by atoms with Crippen LogP contribution in [0.1, 0.15) is 15.2 Å². The second kappa shape index (κ2) is 7.75. The molecule has 0 spiro atoms. The third-order valence-electron chi connectivity index (χ3n) is 4.13. The molecule has 3 aromatic heterocycles. The number of fused-ring (bicyclic) bond motifs is 2. The molecule has 0 aliphatic carbocycles. The van der Waals surface area contributed by atoms with Crippen molar-refractivity contribution in [3.8, 4) is 0 Å². The van der Waals surface area contributed by atoms with Gasteiger partial charge in [-0.15, -0.1) is 22.7 Å². The molecule has 0 aliphatic rings. The van der Waals surface area contributed by atoms with Gasteiger partial charge in [-0.05, 0) is 47.8 Å². The Labute approximate surface area is 186 Å². The SMILES string of the molecule is O=C(c1ccc2ncsc2c1)N(/N=C/c1cccs1)c1nc2ccc(Br)cc2s1. The third kappa shape index (κ3) is 3.74. The maximum atomic E-state index is 13.4. The first kappa shape index (κ1) is 18.6. The maximum absolute atomic E-state index is 13.4. The summed E-state index contributed by atoms with van der Waals surface area (Å²) in [6.45, 7) is 0. The Morgan fingerprint density at radius 1 is 1.07 bits per heavy atom. The molecule has 0 N–H and O–H groups in total. The Kier molecular flexibility index (Phi) is 4.96. The number of halogens is 1. The smallest absolute Gasteiger partial charge is 0.267 e. The molecule has 142 valence electrons. The molecule has 0 saturated heterocycles. The minimum Gasteiger partial charge on any atom is -0.267 e. The first-order valence-electron chi connectivity index (χ1n) is 8.49. The Bertz CT molecular complexity index is 1360. The Balaban J connectivity index is 1.59. The lowest BCUT2D eigenvalue weighted by Gasteiger charge is -2.13. The number of thiazole rings is 2. The van der Waals surface area contributed by atoms with E-state index in [4.69, 9.17) is 0 Å². The summed E-state index contributed by atoms with van der Waals surface area (Å²) >= 11 is 7.98. The number of nitrogens with zero attached hydrogens (tertiary/aromatic N) is 4. The summed E-state index contributed by atoms with van der Waals surface area (Å²) in [7, 11) is 0. The molecule has 0 aliphatic heterocycles. The van der Waals surface area contributed by atoms with Crippen LogP contribution in [0.5, 0.6) is 0 Å². The second-order valence-electron chi connectivity index (χ2n) is 6.02. The zero-order valence-corrected chi connectivity index (χ0v) is 18.7. The van der Waals surface area contributed by atoms with Crippen LogP contribution in [0, 0.1) is 0 Å². The third-order valence-corrected chi connectivity index (χ3v) is 7.22. The van der Waals surface area contributed by atoms with Crippen LogP contribution < -0.4 is 5.01 Å². The highest BCUT2D eigenvalue weighted by atomic mass is 79.9. The van der Waals surface area contributed by atoms with Gasteiger partial charge in [-0.3, -0.25) is 4.79 Å². The molecular weight excluding hydrogens is 488 g/mol. The molecule has 0 atom stereocenters. The van der Waals surface area contributed by atoms with Gasteiger partial charge in [-0.1, -0.05) is 33.3 Å². The summed E-state index contributed by atoms with van der Waals surface area (Å²) in [4.78, 5) is 23.2. The number of amides is 1. The molecule has 0 fully saturated rings. The molecule has 0 saturated carbocycles. The standard InChI is InChI=1S/C20H11BrN4OS3/c21-13-4-6-16-18(9-13)29-20(24-16)25(23-10-14-2-1-7-27-14)19(26)12-3-5-15-17(8-12)28-11-22-15/h1-11H/b23-10+. The summed E-state index contributed by atoms with van der Waals surface area (Å²) in [5.41, 5.74) is 4.03. The number of hydrogen-bond acceptors (Lipinski definition) is 7. The topological polar surface area (TPSA) is 58.5 Å². The highest BCUT2D eigenvalue weighted by molar-refractivity contribution is 9.10. The Morgan fingerprint density at radius 3 is 2.83 bits per heavy atom. The second-order valence-corrected chi connectivity index (χ2v) is 9.81. The lowest BCUT2D eigenvalue weighted by molar-refractivity contribution is 0.0988. The van der Waals surface area contributed by atoms with Crippen molar-refractivity contribution in [1.29, 1.82) is 0 Å². The summed E-state index contributed by atoms with van der Waals surface area (Å²) in [6, 6.07) is 15.2. The lowest BCUT2D eigenvalue weighted by atomic mass is 10.2. The fourth-order valence-electron chi connectivity index (χ4n) is 2.76. The number of carbonyl (C=O) groups is 1. The van der Waals surface area contributed by atoms with E-state index in [1.54, 1.807) is 29.1 Å². The van der Waals surface area contributed by atoms with Crippen LogP contribution >= 0.6 is 49.9 Å². The molecular formula is C20H11BrN4OS3. The van der Waals surface area contributed by atoms with Crippen molar-refractivity contribution >= 4 is 87.6 Å². The van der Waals surface area contributed by atoms with Crippen LogP contribution in [0.25, 0.3) is 20.4 Å². The first-order valence-corrected chi connectivity index (χ1v) is 11.9. The van der Waals surface area contributed by atoms with Gasteiger partial charge in [0, 0.05) is 14.9 Å². The van der Waals surface area contributed by atoms with Crippen molar-refractivity contribution in [2.75, 3.05) is 5.01 Å². The van der Waals surface area contributed by atoms with Crippen molar-refractivity contribution in [1.82, 2.24) is 9.97 Å². The van der Waals surface area contributed by atoms with Gasteiger partial charge in [0.1, 0.15) is 0 Å². The maximum Gasteiger partial charge on any atom is 0.280 e. The molecule has 3 heterocycles. The fraction of sp³-hybridized carbons (Fsp3) is 0. The highest BCUT2D eigenvalue weighted by Gasteiger charge is 2.21. The van der Waals surface area contributed by atoms with E-state index in [1.165, 1.54) is 27.7 Å². The fourth-order valence-corrected chi connectivity index (χ4v) is 5.53. The predicted octanol–water partition coefficient (Wildman–Crippen LogP) is 6.41. The normalized spacial score (nSPS) is 11.6. The molecule has 5 rings (SSSR count). The van der Waals surface area contributed by atoms with E-state index in [-0.39, 0.29) is 5.91 Å². The van der Waals surface area contributed by atoms with E-state index in [0.717, 1.165) is 29.8 Å². The van der Waals surface area contributed by atoms with Gasteiger partial charge in [-0.2, -0.15) is 10.1 Å². The van der Waals surface area contributed by atoms with E-state index >= 15 is 0 Å². The largest absolute Gasteiger partial charge is 0.280 e. The number of hydrogen-bond donors (Lipinski definition) is 0. The van der Waals surface area contributed by atoms with Crippen molar-refractivity contribution < 1.29 is 4.79 Å². The van der Waals surface area contributed by atoms with Crippen LogP contribution in [0.4, 0.5) is 5.13 Å². The lowest BCUT2D eigenvalue weighted by Crippen LogP contribution is -2.25. The molecule has 5 nitrogen and oxygen atoms in total. The molecule has 0 bridgehead atoms. The molecule has 29 heavy (non-hydrogen) atoms. The minimum absolute atomic E-state index is 0.230. The number of aromatic nitrogens is 2. The van der Waals surface area contributed by atoms with E-state index in [0.29, 0.717) is 10.7 Å². The molecule has 5 aromatic rings. The zero-order valence-electron chi connectivity index (χ0n) is 14.7. The number of carbonyl (C=O) groups excluding carboxylic acids is 1. The Morgan fingerprint density at radius 2 is 1.97 bits per heavy atom. The summed E-state index contributed by atoms with van der Waals surface area (Å²) in [5, 5.41) is 8.37. The van der Waals surface area contributed by atoms with Crippen molar-refractivity contribution in [3.05, 3.63) is 74.3 Å². The van der Waals surface area contributed by atoms with Crippen molar-refractivity contribution in [3.63, 3.8) is 0 Å². The number of benzene rings is 2. The average molecular weight is 499 g/mol. The van der Waals surface area contributed by atoms with Gasteiger partial charge in [0.05, 0.1) is 32.2 Å². The predicted molar refractivity (Wildman–Crippen MR) is 126 cm³/mol. The summed E-state index contributed by atoms with van der Waals surface area (Å²) in [5.74, 6) is -0.230. The number of rotatable bonds is 4. The van der Waals surface area contributed by atoms with E-state index in [2.05, 4.69) is 31.0 Å². The molecule has 9 heteroatoms. The summed E-state index contributed by atoms with van der Waals surface area (Å²) < 4.78 is 2.92. The minimum atomic E-state index is -0.230. The van der Waals surface area contributed by atoms with Gasteiger partial charge in [0.25, 0.3) is 5.91 Å². The van der Waals surface area contributed by atoms with E-state index in [9.17, 15) is 4.79 Å². The van der Waals surface area contributed by atoms with E-state index < -0.39 is 0 Å². The van der Waals surface area contributed by atoms with Gasteiger partial charge in [0.2, 0.25) is 5.13 Å². The first-order chi connectivity index (χ1) is 14.2. The van der Waals surface area contributed by atoms with Crippen LogP contribution in [0.15, 0.2) is 69.0 Å². The molecule has 0 radical (unpaired) electrons. The van der Waals surface area contributed by atoms with Crippen molar-refractivity contribution in [2.45, 2.75) is 0 Å². The van der Waals surface area contributed by atoms with Crippen LogP contribution in [0.3, 0.4) is 0 Å². The molecule has 2 aromatic carbocycles. The van der Waals surface area contributed by atoms with Gasteiger partial charge in [0.15, 0.2) is 0 Å². The number of hydrazone groups is 1. The van der Waals surface area contributed by atoms with Gasteiger partial charge < -0.3 is 0 Å². The highest BCUT2D eigenvalue weighted by Crippen LogP contribution is 2.32. The molecule has 1 amide bonds. The number of anilines is 1. The number of thiophene rings is 1. The average Bonchev–Trinajstić information content (AvgIpc) is 3.47. The molecule has 0 unspecified atom stereocenters. The monoisotopic (exact) mass is 498 g/mol. The van der Waals surface area contributed by atoms with E-state index in [1.807, 2.05) is 47.8 Å². The van der Waals surface area contributed by atoms with Gasteiger partial charge in [-0.25, -0.2) is 9.97 Å². The van der Waals surface area contributed by atoms with Gasteiger partial charge >= 0.3 is 0 Å². The Hall–Kier alpha value is -2.46. The zero-order chi connectivity index (χ0) is 19.8. The van der Waals surface area contributed by atoms with Crippen LogP contribution in [-0.4, -0.2) is 22.1 Å².